The molecule has 1 N–H and O–H groups in total. The van der Waals surface area contributed by atoms with Crippen LogP contribution in [0.4, 0.5) is 5.69 Å². The molecule has 0 unspecified atom stereocenters. The summed E-state index contributed by atoms with van der Waals surface area (Å²) in [5.41, 5.74) is 2.20. The van der Waals surface area contributed by atoms with Gasteiger partial charge in [-0.2, -0.15) is 0 Å². The van der Waals surface area contributed by atoms with Gasteiger partial charge in [-0.3, -0.25) is 9.78 Å². The first kappa shape index (κ1) is 17.3. The second-order valence-corrected chi connectivity index (χ2v) is 6.23. The second kappa shape index (κ2) is 8.51. The number of aromatic nitrogens is 1. The van der Waals surface area contributed by atoms with E-state index in [9.17, 15) is 4.79 Å². The minimum Gasteiger partial charge on any atom is -0.494 e. The molecule has 3 rings (SSSR count). The number of pyridine rings is 1. The number of hydrogen-bond acceptors (Lipinski definition) is 4. The van der Waals surface area contributed by atoms with Gasteiger partial charge in [0.25, 0.3) is 0 Å². The monoisotopic (exact) mass is 339 g/mol. The van der Waals surface area contributed by atoms with Crippen molar-refractivity contribution in [2.24, 2.45) is 5.92 Å². The van der Waals surface area contributed by atoms with E-state index in [1.807, 2.05) is 55.7 Å². The average Bonchev–Trinajstić information content (AvgIpc) is 2.68. The fourth-order valence-electron chi connectivity index (χ4n) is 3.23. The lowest BCUT2D eigenvalue weighted by atomic mass is 9.95. The first-order chi connectivity index (χ1) is 12.3. The van der Waals surface area contributed by atoms with E-state index in [0.717, 1.165) is 37.2 Å². The van der Waals surface area contributed by atoms with Crippen molar-refractivity contribution in [3.05, 3.63) is 54.4 Å². The van der Waals surface area contributed by atoms with E-state index >= 15 is 0 Å². The van der Waals surface area contributed by atoms with E-state index in [2.05, 4.69) is 15.2 Å². The highest BCUT2D eigenvalue weighted by atomic mass is 16.5. The van der Waals surface area contributed by atoms with Gasteiger partial charge in [-0.1, -0.05) is 18.2 Å². The number of hydrogen-bond donors (Lipinski definition) is 1. The number of amides is 1. The molecule has 0 radical (unpaired) electrons. The largest absolute Gasteiger partial charge is 0.494 e. The Kier molecular flexibility index (Phi) is 5.88. The SMILES string of the molecule is CCOc1ccccc1CNC(=O)C1CCN(c2ccncc2)CC1. The van der Waals surface area contributed by atoms with Crippen LogP contribution in [0.2, 0.25) is 0 Å². The number of carbonyl (C=O) groups excluding carboxylic acids is 1. The molecule has 1 aliphatic heterocycles. The van der Waals surface area contributed by atoms with Crippen molar-refractivity contribution < 1.29 is 9.53 Å². The number of nitrogens with one attached hydrogen (secondary N) is 1. The molecule has 0 aliphatic carbocycles. The van der Waals surface area contributed by atoms with E-state index in [-0.39, 0.29) is 11.8 Å². The Balaban J connectivity index is 1.50. The molecule has 132 valence electrons. The van der Waals surface area contributed by atoms with Crippen LogP contribution in [0.15, 0.2) is 48.8 Å². The maximum Gasteiger partial charge on any atom is 0.223 e. The second-order valence-electron chi connectivity index (χ2n) is 6.23. The number of piperidine rings is 1. The van der Waals surface area contributed by atoms with Gasteiger partial charge in [0.05, 0.1) is 6.61 Å². The highest BCUT2D eigenvalue weighted by molar-refractivity contribution is 5.79. The van der Waals surface area contributed by atoms with Gasteiger partial charge in [-0.15, -0.1) is 0 Å². The summed E-state index contributed by atoms with van der Waals surface area (Å²) in [6, 6.07) is 11.9. The van der Waals surface area contributed by atoms with Crippen LogP contribution in [0, 0.1) is 5.92 Å². The number of anilines is 1. The van der Waals surface area contributed by atoms with E-state index in [4.69, 9.17) is 4.74 Å². The minimum atomic E-state index is 0.0809. The Bertz CT molecular complexity index is 682. The molecule has 25 heavy (non-hydrogen) atoms. The smallest absolute Gasteiger partial charge is 0.223 e. The van der Waals surface area contributed by atoms with Gasteiger partial charge in [-0.25, -0.2) is 0 Å². The summed E-state index contributed by atoms with van der Waals surface area (Å²) in [6.07, 6.45) is 5.37. The summed E-state index contributed by atoms with van der Waals surface area (Å²) in [6.45, 7) is 4.90. The standard InChI is InChI=1S/C20H25N3O2/c1-2-25-19-6-4-3-5-17(19)15-22-20(24)16-9-13-23(14-10-16)18-7-11-21-12-8-18/h3-8,11-12,16H,2,9-10,13-15H2,1H3,(H,22,24). The molecule has 0 bridgehead atoms. The minimum absolute atomic E-state index is 0.0809. The van der Waals surface area contributed by atoms with Gasteiger partial charge >= 0.3 is 0 Å². The molecule has 0 atom stereocenters. The Morgan fingerprint density at radius 2 is 1.92 bits per heavy atom. The van der Waals surface area contributed by atoms with Gasteiger partial charge in [0, 0.05) is 49.2 Å². The Hall–Kier alpha value is -2.56. The third-order valence-corrected chi connectivity index (χ3v) is 4.62. The summed E-state index contributed by atoms with van der Waals surface area (Å²) < 4.78 is 5.61. The molecule has 2 aromatic rings. The molecule has 0 saturated carbocycles. The number of rotatable bonds is 6. The fraction of sp³-hybridized carbons (Fsp3) is 0.400. The van der Waals surface area contributed by atoms with Crippen molar-refractivity contribution in [2.45, 2.75) is 26.3 Å². The molecule has 5 nitrogen and oxygen atoms in total. The quantitative estimate of drug-likeness (QED) is 0.879. The van der Waals surface area contributed by atoms with Crippen LogP contribution >= 0.6 is 0 Å². The summed E-state index contributed by atoms with van der Waals surface area (Å²) in [5, 5.41) is 3.07. The van der Waals surface area contributed by atoms with Crippen molar-refractivity contribution in [3.63, 3.8) is 0 Å². The molecule has 5 heteroatoms. The maximum absolute atomic E-state index is 12.5. The molecule has 2 heterocycles. The summed E-state index contributed by atoms with van der Waals surface area (Å²) in [5.74, 6) is 1.07. The molecule has 0 spiro atoms. The van der Waals surface area contributed by atoms with Gasteiger partial charge in [0.1, 0.15) is 5.75 Å². The summed E-state index contributed by atoms with van der Waals surface area (Å²) in [4.78, 5) is 18.9. The number of para-hydroxylation sites is 1. The first-order valence-electron chi connectivity index (χ1n) is 8.91. The van der Waals surface area contributed by atoms with Crippen LogP contribution in [0.5, 0.6) is 5.75 Å². The number of nitrogens with zero attached hydrogens (tertiary/aromatic N) is 2. The zero-order valence-corrected chi connectivity index (χ0v) is 14.6. The van der Waals surface area contributed by atoms with E-state index in [0.29, 0.717) is 13.2 Å². The van der Waals surface area contributed by atoms with Crippen molar-refractivity contribution in [2.75, 3.05) is 24.6 Å². The molecular formula is C20H25N3O2. The van der Waals surface area contributed by atoms with E-state index < -0.39 is 0 Å². The predicted molar refractivity (Wildman–Crippen MR) is 98.6 cm³/mol. The van der Waals surface area contributed by atoms with Crippen molar-refractivity contribution in [1.82, 2.24) is 10.3 Å². The zero-order chi connectivity index (χ0) is 17.5. The predicted octanol–water partition coefficient (Wildman–Crippen LogP) is 3.01. The molecule has 1 saturated heterocycles. The lowest BCUT2D eigenvalue weighted by Gasteiger charge is -2.32. The van der Waals surface area contributed by atoms with Crippen LogP contribution in [-0.2, 0) is 11.3 Å². The van der Waals surface area contributed by atoms with Crippen LogP contribution in [0.1, 0.15) is 25.3 Å². The van der Waals surface area contributed by atoms with Gasteiger partial charge in [-0.05, 0) is 38.0 Å². The molecule has 1 amide bonds. The lowest BCUT2D eigenvalue weighted by molar-refractivity contribution is -0.125. The summed E-state index contributed by atoms with van der Waals surface area (Å²) in [7, 11) is 0. The van der Waals surface area contributed by atoms with Crippen molar-refractivity contribution in [1.29, 1.82) is 0 Å². The zero-order valence-electron chi connectivity index (χ0n) is 14.6. The number of ether oxygens (including phenoxy) is 1. The third-order valence-electron chi connectivity index (χ3n) is 4.62. The number of carbonyl (C=O) groups is 1. The highest BCUT2D eigenvalue weighted by Gasteiger charge is 2.25. The first-order valence-corrected chi connectivity index (χ1v) is 8.91. The van der Waals surface area contributed by atoms with Gasteiger partial charge < -0.3 is 15.0 Å². The molecule has 1 aromatic carbocycles. The Morgan fingerprint density at radius 3 is 2.64 bits per heavy atom. The van der Waals surface area contributed by atoms with Gasteiger partial charge in [0.15, 0.2) is 0 Å². The molecule has 1 aromatic heterocycles. The van der Waals surface area contributed by atoms with Crippen LogP contribution < -0.4 is 15.0 Å². The Morgan fingerprint density at radius 1 is 1.20 bits per heavy atom. The fourth-order valence-corrected chi connectivity index (χ4v) is 3.23. The van der Waals surface area contributed by atoms with Crippen molar-refractivity contribution in [3.8, 4) is 5.75 Å². The Labute approximate surface area is 149 Å². The molecular weight excluding hydrogens is 314 g/mol. The van der Waals surface area contributed by atoms with E-state index in [1.54, 1.807) is 0 Å². The van der Waals surface area contributed by atoms with Gasteiger partial charge in [0.2, 0.25) is 5.91 Å². The van der Waals surface area contributed by atoms with Crippen LogP contribution in [0.3, 0.4) is 0 Å². The lowest BCUT2D eigenvalue weighted by Crippen LogP contribution is -2.40. The normalized spacial score (nSPS) is 15.0. The van der Waals surface area contributed by atoms with Crippen LogP contribution in [0.25, 0.3) is 0 Å². The topological polar surface area (TPSA) is 54.5 Å². The van der Waals surface area contributed by atoms with E-state index in [1.165, 1.54) is 5.69 Å². The van der Waals surface area contributed by atoms with Crippen molar-refractivity contribution >= 4 is 11.6 Å². The average molecular weight is 339 g/mol. The maximum atomic E-state index is 12.5. The summed E-state index contributed by atoms with van der Waals surface area (Å²) >= 11 is 0. The number of benzene rings is 1. The molecule has 1 aliphatic rings. The highest BCUT2D eigenvalue weighted by Crippen LogP contribution is 2.23. The molecule has 1 fully saturated rings. The van der Waals surface area contributed by atoms with Crippen LogP contribution in [-0.4, -0.2) is 30.6 Å². The third kappa shape index (κ3) is 4.50.